The number of Topliss-reactive ketones (excluding diaryl/α,β-unsaturated/α-hetero) is 1. The van der Waals surface area contributed by atoms with E-state index in [-0.39, 0.29) is 11.7 Å². The molecule has 27 heavy (non-hydrogen) atoms. The van der Waals surface area contributed by atoms with Crippen molar-refractivity contribution in [2.24, 2.45) is 0 Å². The highest BCUT2D eigenvalue weighted by atomic mass is 79.9. The minimum atomic E-state index is -0.396. The normalized spacial score (nSPS) is 14.3. The van der Waals surface area contributed by atoms with Crippen molar-refractivity contribution < 1.29 is 14.0 Å². The van der Waals surface area contributed by atoms with Gasteiger partial charge < -0.3 is 9.80 Å². The Kier molecular flexibility index (Phi) is 6.55. The van der Waals surface area contributed by atoms with Crippen LogP contribution in [0.1, 0.15) is 17.3 Å². The van der Waals surface area contributed by atoms with E-state index in [1.807, 2.05) is 34.1 Å². The van der Waals surface area contributed by atoms with Crippen LogP contribution in [-0.4, -0.2) is 48.5 Å². The molecule has 0 saturated carbocycles. The molecule has 1 amide bonds. The molecule has 1 aliphatic rings. The van der Waals surface area contributed by atoms with Crippen molar-refractivity contribution >= 4 is 45.1 Å². The van der Waals surface area contributed by atoms with Crippen molar-refractivity contribution in [3.05, 3.63) is 58.3 Å². The van der Waals surface area contributed by atoms with Crippen molar-refractivity contribution in [1.82, 2.24) is 4.90 Å². The van der Waals surface area contributed by atoms with Gasteiger partial charge in [0.1, 0.15) is 5.82 Å². The molecule has 1 fully saturated rings. The number of carbonyl (C=O) groups is 2. The van der Waals surface area contributed by atoms with E-state index in [1.165, 1.54) is 24.8 Å². The molecule has 2 aromatic rings. The zero-order chi connectivity index (χ0) is 19.4. The van der Waals surface area contributed by atoms with Crippen molar-refractivity contribution in [3.8, 4) is 0 Å². The summed E-state index contributed by atoms with van der Waals surface area (Å²) in [6, 6.07) is 12.4. The Hall–Kier alpha value is -1.86. The maximum absolute atomic E-state index is 14.3. The van der Waals surface area contributed by atoms with Gasteiger partial charge in [-0.25, -0.2) is 4.39 Å². The Morgan fingerprint density at radius 3 is 2.44 bits per heavy atom. The van der Waals surface area contributed by atoms with E-state index >= 15 is 0 Å². The van der Waals surface area contributed by atoms with Crippen LogP contribution >= 0.6 is 27.7 Å². The number of anilines is 1. The van der Waals surface area contributed by atoms with Crippen LogP contribution in [0.2, 0.25) is 0 Å². The van der Waals surface area contributed by atoms with Crippen LogP contribution in [0.15, 0.2) is 51.8 Å². The van der Waals surface area contributed by atoms with E-state index in [4.69, 9.17) is 0 Å². The van der Waals surface area contributed by atoms with E-state index in [2.05, 4.69) is 15.9 Å². The molecule has 1 saturated heterocycles. The Labute approximate surface area is 170 Å². The van der Waals surface area contributed by atoms with Crippen molar-refractivity contribution in [2.75, 3.05) is 36.8 Å². The fourth-order valence-corrected chi connectivity index (χ4v) is 4.44. The zero-order valence-electron chi connectivity index (χ0n) is 15.0. The highest BCUT2D eigenvalue weighted by Crippen LogP contribution is 2.27. The first-order chi connectivity index (χ1) is 13.0. The Balaban J connectivity index is 1.55. The molecule has 142 valence electrons. The van der Waals surface area contributed by atoms with Gasteiger partial charge in [0.15, 0.2) is 5.78 Å². The van der Waals surface area contributed by atoms with Gasteiger partial charge in [0.25, 0.3) is 0 Å². The highest BCUT2D eigenvalue weighted by Gasteiger charge is 2.23. The van der Waals surface area contributed by atoms with Crippen LogP contribution in [-0.2, 0) is 4.79 Å². The second-order valence-electron chi connectivity index (χ2n) is 6.31. The summed E-state index contributed by atoms with van der Waals surface area (Å²) in [5, 5.41) is 0. The van der Waals surface area contributed by atoms with Crippen LogP contribution in [0.5, 0.6) is 0 Å². The first kappa shape index (κ1) is 19.9. The third-order valence-electron chi connectivity index (χ3n) is 4.52. The van der Waals surface area contributed by atoms with Gasteiger partial charge in [0.05, 0.1) is 11.4 Å². The van der Waals surface area contributed by atoms with Gasteiger partial charge in [-0.3, -0.25) is 9.59 Å². The molecular formula is C20H20BrFN2O2S. The molecule has 0 radical (unpaired) electrons. The standard InChI is InChI=1S/C20H20BrFN2O2S/c1-14(25)15-6-7-18(17(22)12-15)23-8-10-24(11-9-23)20(26)13-27-19-5-3-2-4-16(19)21/h2-7,12H,8-11,13H2,1H3. The first-order valence-corrected chi connectivity index (χ1v) is 10.4. The van der Waals surface area contributed by atoms with Gasteiger partial charge in [0.2, 0.25) is 5.91 Å². The fraction of sp³-hybridized carbons (Fsp3) is 0.300. The van der Waals surface area contributed by atoms with Crippen LogP contribution in [0, 0.1) is 5.82 Å². The third kappa shape index (κ3) is 4.90. The van der Waals surface area contributed by atoms with Crippen LogP contribution in [0.25, 0.3) is 0 Å². The number of hydrogen-bond acceptors (Lipinski definition) is 4. The number of rotatable bonds is 5. The SMILES string of the molecule is CC(=O)c1ccc(N2CCN(C(=O)CSc3ccccc3Br)CC2)c(F)c1. The van der Waals surface area contributed by atoms with E-state index < -0.39 is 5.82 Å². The molecule has 0 spiro atoms. The molecule has 0 atom stereocenters. The molecule has 0 bridgehead atoms. The maximum Gasteiger partial charge on any atom is 0.233 e. The molecule has 7 heteroatoms. The summed E-state index contributed by atoms with van der Waals surface area (Å²) in [5.41, 5.74) is 0.851. The summed E-state index contributed by atoms with van der Waals surface area (Å²) in [7, 11) is 0. The molecule has 0 aliphatic carbocycles. The van der Waals surface area contributed by atoms with Gasteiger partial charge in [0, 0.05) is 41.1 Å². The fourth-order valence-electron chi connectivity index (χ4n) is 2.97. The van der Waals surface area contributed by atoms with E-state index in [1.54, 1.807) is 12.1 Å². The van der Waals surface area contributed by atoms with Crippen molar-refractivity contribution in [3.63, 3.8) is 0 Å². The molecule has 0 aromatic heterocycles. The monoisotopic (exact) mass is 450 g/mol. The Morgan fingerprint density at radius 1 is 1.11 bits per heavy atom. The van der Waals surface area contributed by atoms with Crippen molar-refractivity contribution in [2.45, 2.75) is 11.8 Å². The van der Waals surface area contributed by atoms with E-state index in [0.29, 0.717) is 43.2 Å². The summed E-state index contributed by atoms with van der Waals surface area (Å²) >= 11 is 5.00. The minimum absolute atomic E-state index is 0.0859. The number of nitrogens with zero attached hydrogens (tertiary/aromatic N) is 2. The molecule has 0 unspecified atom stereocenters. The summed E-state index contributed by atoms with van der Waals surface area (Å²) in [4.78, 5) is 28.6. The average Bonchev–Trinajstić information content (AvgIpc) is 2.67. The lowest BCUT2D eigenvalue weighted by atomic mass is 10.1. The lowest BCUT2D eigenvalue weighted by Gasteiger charge is -2.36. The number of ketones is 1. The third-order valence-corrected chi connectivity index (χ3v) is 6.53. The van der Waals surface area contributed by atoms with Gasteiger partial charge in [-0.05, 0) is 53.2 Å². The molecule has 1 aliphatic heterocycles. The number of carbonyl (C=O) groups excluding carboxylic acids is 2. The predicted molar refractivity (Wildman–Crippen MR) is 110 cm³/mol. The lowest BCUT2D eigenvalue weighted by molar-refractivity contribution is -0.128. The highest BCUT2D eigenvalue weighted by molar-refractivity contribution is 9.10. The molecule has 4 nitrogen and oxygen atoms in total. The average molecular weight is 451 g/mol. The molecule has 1 heterocycles. The summed E-state index contributed by atoms with van der Waals surface area (Å²) in [5.74, 6) is -0.0854. The lowest BCUT2D eigenvalue weighted by Crippen LogP contribution is -2.49. The number of benzene rings is 2. The van der Waals surface area contributed by atoms with E-state index in [0.717, 1.165) is 9.37 Å². The largest absolute Gasteiger partial charge is 0.366 e. The van der Waals surface area contributed by atoms with E-state index in [9.17, 15) is 14.0 Å². The number of amides is 1. The second-order valence-corrected chi connectivity index (χ2v) is 8.18. The topological polar surface area (TPSA) is 40.6 Å². The molecular weight excluding hydrogens is 431 g/mol. The zero-order valence-corrected chi connectivity index (χ0v) is 17.4. The van der Waals surface area contributed by atoms with Crippen LogP contribution in [0.4, 0.5) is 10.1 Å². The van der Waals surface area contributed by atoms with Gasteiger partial charge in [-0.15, -0.1) is 11.8 Å². The van der Waals surface area contributed by atoms with Crippen LogP contribution in [0.3, 0.4) is 0 Å². The Morgan fingerprint density at radius 2 is 1.81 bits per heavy atom. The second kappa shape index (κ2) is 8.89. The van der Waals surface area contributed by atoms with Gasteiger partial charge >= 0.3 is 0 Å². The number of piperazine rings is 1. The number of thioether (sulfide) groups is 1. The first-order valence-electron chi connectivity index (χ1n) is 8.66. The summed E-state index contributed by atoms with van der Waals surface area (Å²) in [6.07, 6.45) is 0. The summed E-state index contributed by atoms with van der Waals surface area (Å²) < 4.78 is 15.3. The minimum Gasteiger partial charge on any atom is -0.366 e. The smallest absolute Gasteiger partial charge is 0.233 e. The summed E-state index contributed by atoms with van der Waals surface area (Å²) in [6.45, 7) is 3.68. The Bertz CT molecular complexity index is 854. The van der Waals surface area contributed by atoms with Gasteiger partial charge in [-0.1, -0.05) is 12.1 Å². The molecule has 2 aromatic carbocycles. The number of hydrogen-bond donors (Lipinski definition) is 0. The van der Waals surface area contributed by atoms with Crippen molar-refractivity contribution in [1.29, 1.82) is 0 Å². The molecule has 0 N–H and O–H groups in total. The molecule has 3 rings (SSSR count). The number of halogens is 2. The van der Waals surface area contributed by atoms with Gasteiger partial charge in [-0.2, -0.15) is 0 Å². The predicted octanol–water partition coefficient (Wildman–Crippen LogP) is 4.23. The van der Waals surface area contributed by atoms with Crippen LogP contribution < -0.4 is 4.90 Å². The maximum atomic E-state index is 14.3. The quantitative estimate of drug-likeness (QED) is 0.504.